The van der Waals surface area contributed by atoms with E-state index in [2.05, 4.69) is 45.1 Å². The van der Waals surface area contributed by atoms with Crippen molar-refractivity contribution in [2.45, 2.75) is 13.0 Å². The minimum atomic E-state index is -1.23. The van der Waals surface area contributed by atoms with Gasteiger partial charge in [-0.1, -0.05) is 26.3 Å². The molecule has 7 heteroatoms. The molecule has 0 rings (SSSR count). The lowest BCUT2D eigenvalue weighted by atomic mass is 10.4. The first-order valence-corrected chi connectivity index (χ1v) is 6.90. The largest absolute Gasteiger partial charge is 0.545 e. The van der Waals surface area contributed by atoms with E-state index >= 15 is 0 Å². The molecule has 140 valence electrons. The standard InChI is InChI=1S/C8H16N.C6H10O3.C3H4O2.ClH/c1-5-7-9(3,4)8-6-2;1-3-6(8)9-4-5(2)7;1-2-3(4)5;/h5-6H,1-2,7-8H2,3-4H3;3,5,7H,1,4H2,2H3;2H,1H2,(H,4,5);1H/q+1;;;/p-1. The first-order valence-electron chi connectivity index (χ1n) is 6.90. The van der Waals surface area contributed by atoms with Crippen LogP contribution in [0, 0.1) is 0 Å². The predicted octanol–water partition coefficient (Wildman–Crippen LogP) is 0.875. The van der Waals surface area contributed by atoms with Crippen LogP contribution in [0.1, 0.15) is 6.92 Å². The third-order valence-corrected chi connectivity index (χ3v) is 2.05. The smallest absolute Gasteiger partial charge is 0.330 e. The van der Waals surface area contributed by atoms with Gasteiger partial charge in [-0.25, -0.2) is 4.79 Å². The summed E-state index contributed by atoms with van der Waals surface area (Å²) in [5, 5.41) is 17.7. The molecule has 1 unspecified atom stereocenters. The number of aliphatic hydroxyl groups excluding tert-OH is 1. The van der Waals surface area contributed by atoms with Crippen molar-refractivity contribution in [1.82, 2.24) is 0 Å². The summed E-state index contributed by atoms with van der Waals surface area (Å²) >= 11 is 0. The Balaban J connectivity index is -0.000000128. The number of carboxylic acids is 1. The highest BCUT2D eigenvalue weighted by Crippen LogP contribution is 1.95. The van der Waals surface area contributed by atoms with Crippen molar-refractivity contribution in [3.05, 3.63) is 50.6 Å². The molecule has 0 aromatic rings. The fraction of sp³-hybridized carbons (Fsp3) is 0.412. The van der Waals surface area contributed by atoms with Gasteiger partial charge in [-0.05, 0) is 25.2 Å². The summed E-state index contributed by atoms with van der Waals surface area (Å²) in [7, 11) is 4.31. The zero-order valence-corrected chi connectivity index (χ0v) is 15.6. The Morgan fingerprint density at radius 2 is 1.50 bits per heavy atom. The molecule has 0 saturated heterocycles. The van der Waals surface area contributed by atoms with Crippen LogP contribution in [0.25, 0.3) is 0 Å². The zero-order valence-electron chi connectivity index (χ0n) is 14.8. The number of hydrogen-bond donors (Lipinski definition) is 1. The topological polar surface area (TPSA) is 86.7 Å². The highest BCUT2D eigenvalue weighted by atomic mass is 35.5. The maximum Gasteiger partial charge on any atom is 0.330 e. The molecule has 0 aliphatic rings. The summed E-state index contributed by atoms with van der Waals surface area (Å²) in [6.45, 7) is 17.0. The van der Waals surface area contributed by atoms with E-state index in [1.807, 2.05) is 12.2 Å². The normalized spacial score (nSPS) is 10.0. The van der Waals surface area contributed by atoms with Crippen molar-refractivity contribution >= 4 is 24.3 Å². The van der Waals surface area contributed by atoms with Gasteiger partial charge in [-0.2, -0.15) is 0 Å². The maximum atomic E-state index is 10.3. The summed E-state index contributed by atoms with van der Waals surface area (Å²) in [6, 6.07) is 0. The fourth-order valence-electron chi connectivity index (χ4n) is 1.04. The minimum absolute atomic E-state index is 0. The lowest BCUT2D eigenvalue weighted by Gasteiger charge is -2.26. The monoisotopic (exact) mass is 363 g/mol. The molecular weight excluding hydrogens is 334 g/mol. The van der Waals surface area contributed by atoms with E-state index in [4.69, 9.17) is 15.0 Å². The molecule has 1 N–H and O–H groups in total. The molecule has 0 bridgehead atoms. The molecule has 0 aromatic heterocycles. The maximum absolute atomic E-state index is 10.3. The molecule has 0 fully saturated rings. The van der Waals surface area contributed by atoms with Crippen molar-refractivity contribution in [1.29, 1.82) is 0 Å². The Hall–Kier alpha value is -1.89. The zero-order chi connectivity index (χ0) is 18.9. The van der Waals surface area contributed by atoms with Gasteiger partial charge >= 0.3 is 5.97 Å². The predicted molar refractivity (Wildman–Crippen MR) is 97.5 cm³/mol. The number of likely N-dealkylation sites (N-methyl/N-ethyl adjacent to an activating group) is 1. The molecule has 0 aromatic carbocycles. The van der Waals surface area contributed by atoms with Crippen LogP contribution in [0.5, 0.6) is 0 Å². The Kier molecular flexibility index (Phi) is 24.0. The lowest BCUT2D eigenvalue weighted by Crippen LogP contribution is -2.39. The number of nitrogens with zero attached hydrogens (tertiary/aromatic N) is 1. The number of aliphatic carboxylic acids is 1. The summed E-state index contributed by atoms with van der Waals surface area (Å²) < 4.78 is 5.40. The van der Waals surface area contributed by atoms with E-state index in [-0.39, 0.29) is 19.0 Å². The van der Waals surface area contributed by atoms with Gasteiger partial charge in [0, 0.05) is 6.08 Å². The fourth-order valence-corrected chi connectivity index (χ4v) is 1.04. The van der Waals surface area contributed by atoms with Gasteiger partial charge in [0.15, 0.2) is 0 Å². The number of ether oxygens (including phenoxy) is 1. The number of halogens is 1. The Morgan fingerprint density at radius 1 is 1.12 bits per heavy atom. The van der Waals surface area contributed by atoms with Gasteiger partial charge in [-0.3, -0.25) is 0 Å². The summed E-state index contributed by atoms with van der Waals surface area (Å²) in [5.41, 5.74) is 0. The van der Waals surface area contributed by atoms with Gasteiger partial charge in [-0.15, -0.1) is 12.4 Å². The van der Waals surface area contributed by atoms with Gasteiger partial charge in [0.25, 0.3) is 0 Å². The number of quaternary nitrogens is 1. The molecular formula is C17H30ClNO5. The highest BCUT2D eigenvalue weighted by molar-refractivity contribution is 5.85. The average Bonchev–Trinajstić information content (AvgIpc) is 2.45. The Labute approximate surface area is 151 Å². The van der Waals surface area contributed by atoms with Crippen molar-refractivity contribution in [3.63, 3.8) is 0 Å². The van der Waals surface area contributed by atoms with Crippen LogP contribution in [0.15, 0.2) is 50.6 Å². The van der Waals surface area contributed by atoms with E-state index in [9.17, 15) is 4.79 Å². The quantitative estimate of drug-likeness (QED) is 0.299. The number of aliphatic hydroxyl groups is 1. The van der Waals surface area contributed by atoms with E-state index in [0.29, 0.717) is 0 Å². The molecule has 1 atom stereocenters. The molecule has 0 aliphatic carbocycles. The molecule has 0 amide bonds. The van der Waals surface area contributed by atoms with Crippen molar-refractivity contribution in [2.75, 3.05) is 33.8 Å². The van der Waals surface area contributed by atoms with Crippen LogP contribution in [0.4, 0.5) is 0 Å². The Bertz CT molecular complexity index is 380. The van der Waals surface area contributed by atoms with Gasteiger partial charge < -0.3 is 24.2 Å². The summed E-state index contributed by atoms with van der Waals surface area (Å²) in [4.78, 5) is 19.4. The van der Waals surface area contributed by atoms with Crippen LogP contribution < -0.4 is 5.11 Å². The molecule has 0 spiro atoms. The van der Waals surface area contributed by atoms with Gasteiger partial charge in [0.1, 0.15) is 6.61 Å². The minimum Gasteiger partial charge on any atom is -0.545 e. The number of carbonyl (C=O) groups is 2. The van der Waals surface area contributed by atoms with Crippen LogP contribution >= 0.6 is 12.4 Å². The number of rotatable bonds is 8. The van der Waals surface area contributed by atoms with Crippen LogP contribution in [0.3, 0.4) is 0 Å². The summed E-state index contributed by atoms with van der Waals surface area (Å²) in [6.07, 6.45) is 5.05. The molecule has 6 nitrogen and oxygen atoms in total. The second kappa shape index (κ2) is 19.2. The molecule has 0 heterocycles. The van der Waals surface area contributed by atoms with Crippen molar-refractivity contribution in [3.8, 4) is 0 Å². The molecule has 0 saturated carbocycles. The SMILES string of the molecule is C=CC(=O)OCC(C)O.C=CC(=O)[O-].C=CC[N+](C)(C)CC=C.Cl. The van der Waals surface area contributed by atoms with Crippen LogP contribution in [-0.4, -0.2) is 61.4 Å². The second-order valence-electron chi connectivity index (χ2n) is 5.08. The Morgan fingerprint density at radius 3 is 1.71 bits per heavy atom. The van der Waals surface area contributed by atoms with E-state index < -0.39 is 18.0 Å². The van der Waals surface area contributed by atoms with Crippen LogP contribution in [0.2, 0.25) is 0 Å². The van der Waals surface area contributed by atoms with E-state index in [0.717, 1.165) is 29.7 Å². The molecule has 0 radical (unpaired) electrons. The average molecular weight is 364 g/mol. The summed E-state index contributed by atoms with van der Waals surface area (Å²) in [5.74, 6) is -1.74. The third-order valence-electron chi connectivity index (χ3n) is 2.05. The van der Waals surface area contributed by atoms with E-state index in [1.54, 1.807) is 0 Å². The van der Waals surface area contributed by atoms with Crippen molar-refractivity contribution < 1.29 is 29.0 Å². The molecule has 24 heavy (non-hydrogen) atoms. The highest BCUT2D eigenvalue weighted by Gasteiger charge is 2.07. The third kappa shape index (κ3) is 32.2. The van der Waals surface area contributed by atoms with Gasteiger partial charge in [0.2, 0.25) is 0 Å². The van der Waals surface area contributed by atoms with Gasteiger partial charge in [0.05, 0.1) is 39.3 Å². The van der Waals surface area contributed by atoms with Crippen molar-refractivity contribution in [2.24, 2.45) is 0 Å². The lowest BCUT2D eigenvalue weighted by molar-refractivity contribution is -0.878. The molecule has 0 aliphatic heterocycles. The number of hydrogen-bond acceptors (Lipinski definition) is 5. The van der Waals surface area contributed by atoms with E-state index in [1.165, 1.54) is 6.92 Å². The second-order valence-corrected chi connectivity index (χ2v) is 5.08. The number of esters is 1. The first kappa shape index (κ1) is 30.0. The number of carbonyl (C=O) groups excluding carboxylic acids is 2. The number of carboxylic acid groups (broad SMARTS) is 1. The van der Waals surface area contributed by atoms with Crippen LogP contribution in [-0.2, 0) is 14.3 Å². The first-order chi connectivity index (χ1) is 10.6.